The van der Waals surface area contributed by atoms with E-state index in [-0.39, 0.29) is 0 Å². The third-order valence-corrected chi connectivity index (χ3v) is 5.96. The van der Waals surface area contributed by atoms with Crippen LogP contribution in [-0.2, 0) is 0 Å². The lowest BCUT2D eigenvalue weighted by atomic mass is 10.1. The fourth-order valence-electron chi connectivity index (χ4n) is 4.50. The van der Waals surface area contributed by atoms with Gasteiger partial charge in [-0.05, 0) is 41.1 Å². The summed E-state index contributed by atoms with van der Waals surface area (Å²) in [4.78, 5) is 23.2. The molecule has 0 N–H and O–H groups in total. The maximum Gasteiger partial charge on any atom is 0.199 e. The minimum absolute atomic E-state index is 0.494. The largest absolute Gasteiger partial charge is 0.292 e. The molecule has 4 aromatic heterocycles. The summed E-state index contributed by atoms with van der Waals surface area (Å²) in [6, 6.07) is 27.0. The molecule has 33 heavy (non-hydrogen) atoms. The van der Waals surface area contributed by atoms with Crippen LogP contribution in [-0.4, -0.2) is 29.5 Å². The first-order valence-electron chi connectivity index (χ1n) is 10.7. The van der Waals surface area contributed by atoms with Gasteiger partial charge in [-0.3, -0.25) is 9.55 Å². The molecule has 0 unspecified atom stereocenters. The smallest absolute Gasteiger partial charge is 0.199 e. The summed E-state index contributed by atoms with van der Waals surface area (Å²) >= 11 is 0. The zero-order chi connectivity index (χ0) is 21.8. The summed E-state index contributed by atoms with van der Waals surface area (Å²) < 4.78 is 2.17. The topological polar surface area (TPSA) is 69.4 Å². The van der Waals surface area contributed by atoms with Crippen molar-refractivity contribution in [1.82, 2.24) is 29.5 Å². The van der Waals surface area contributed by atoms with Gasteiger partial charge in [0, 0.05) is 29.4 Å². The Balaban J connectivity index is 1.68. The Bertz CT molecular complexity index is 1820. The van der Waals surface area contributed by atoms with Gasteiger partial charge in [0.1, 0.15) is 5.69 Å². The second-order valence-corrected chi connectivity index (χ2v) is 7.88. The Morgan fingerprint density at radius 1 is 0.545 bits per heavy atom. The van der Waals surface area contributed by atoms with Gasteiger partial charge in [-0.15, -0.1) is 0 Å². The molecular formula is C27H16N6. The van der Waals surface area contributed by atoms with Gasteiger partial charge < -0.3 is 0 Å². The third-order valence-electron chi connectivity index (χ3n) is 5.96. The first-order chi connectivity index (χ1) is 16.4. The Labute approximate surface area is 188 Å². The molecule has 0 aliphatic heterocycles. The lowest BCUT2D eigenvalue weighted by molar-refractivity contribution is 1.04. The van der Waals surface area contributed by atoms with E-state index in [1.165, 1.54) is 10.8 Å². The van der Waals surface area contributed by atoms with E-state index in [0.717, 1.165) is 27.5 Å². The molecule has 4 heterocycles. The zero-order valence-corrected chi connectivity index (χ0v) is 17.4. The number of nitrogens with zero attached hydrogens (tertiary/aromatic N) is 6. The van der Waals surface area contributed by atoms with Gasteiger partial charge in [0.25, 0.3) is 0 Å². The first-order valence-corrected chi connectivity index (χ1v) is 10.7. The average Bonchev–Trinajstić information content (AvgIpc) is 3.20. The highest BCUT2D eigenvalue weighted by Gasteiger charge is 2.20. The lowest BCUT2D eigenvalue weighted by Crippen LogP contribution is -2.05. The molecule has 7 aromatic rings. The van der Waals surface area contributed by atoms with Crippen LogP contribution in [0.4, 0.5) is 0 Å². The van der Waals surface area contributed by atoms with E-state index < -0.39 is 0 Å². The van der Waals surface area contributed by atoms with Gasteiger partial charge in [0.05, 0.1) is 16.7 Å². The molecule has 154 valence electrons. The van der Waals surface area contributed by atoms with E-state index in [1.54, 1.807) is 18.6 Å². The molecule has 0 spiro atoms. The van der Waals surface area contributed by atoms with Crippen LogP contribution in [0.3, 0.4) is 0 Å². The molecule has 0 fully saturated rings. The van der Waals surface area contributed by atoms with Gasteiger partial charge in [-0.25, -0.2) is 19.9 Å². The Hall–Kier alpha value is -4.71. The fourth-order valence-corrected chi connectivity index (χ4v) is 4.50. The highest BCUT2D eigenvalue weighted by Crippen LogP contribution is 2.36. The molecule has 6 nitrogen and oxygen atoms in total. The number of rotatable bonds is 2. The van der Waals surface area contributed by atoms with Crippen molar-refractivity contribution in [2.45, 2.75) is 0 Å². The predicted octanol–water partition coefficient (Wildman–Crippen LogP) is 5.73. The van der Waals surface area contributed by atoms with Crippen LogP contribution >= 0.6 is 0 Å². The summed E-state index contributed by atoms with van der Waals surface area (Å²) in [6.45, 7) is 0. The van der Waals surface area contributed by atoms with Crippen molar-refractivity contribution in [3.63, 3.8) is 0 Å². The number of para-hydroxylation sites is 1. The zero-order valence-electron chi connectivity index (χ0n) is 17.4. The summed E-state index contributed by atoms with van der Waals surface area (Å²) in [5.74, 6) is 0.684. The van der Waals surface area contributed by atoms with Crippen LogP contribution in [0.5, 0.6) is 0 Å². The molecular weight excluding hydrogens is 408 g/mol. The second kappa shape index (κ2) is 6.90. The first kappa shape index (κ1) is 17.9. The lowest BCUT2D eigenvalue weighted by Gasteiger charge is -2.12. The van der Waals surface area contributed by atoms with Gasteiger partial charge in [0.15, 0.2) is 17.1 Å². The summed E-state index contributed by atoms with van der Waals surface area (Å²) in [5, 5.41) is 4.69. The van der Waals surface area contributed by atoms with Crippen LogP contribution in [0, 0.1) is 0 Å². The molecule has 0 radical (unpaired) electrons. The number of aromatic nitrogens is 6. The third kappa shape index (κ3) is 2.71. The molecule has 0 atom stereocenters. The molecule has 0 bridgehead atoms. The van der Waals surface area contributed by atoms with Crippen LogP contribution in [0.15, 0.2) is 97.5 Å². The van der Waals surface area contributed by atoms with Crippen molar-refractivity contribution in [2.24, 2.45) is 0 Å². The average molecular weight is 424 g/mol. The van der Waals surface area contributed by atoms with Crippen molar-refractivity contribution >= 4 is 43.9 Å². The summed E-state index contributed by atoms with van der Waals surface area (Å²) in [6.07, 6.45) is 5.03. The molecule has 6 heteroatoms. The Kier molecular flexibility index (Phi) is 3.75. The summed E-state index contributed by atoms with van der Waals surface area (Å²) in [5.41, 5.74) is 4.51. The van der Waals surface area contributed by atoms with Gasteiger partial charge in [-0.2, -0.15) is 0 Å². The quantitative estimate of drug-likeness (QED) is 0.354. The number of hydrogen-bond donors (Lipinski definition) is 0. The second-order valence-electron chi connectivity index (χ2n) is 7.88. The highest BCUT2D eigenvalue weighted by atomic mass is 15.1. The van der Waals surface area contributed by atoms with Crippen molar-refractivity contribution in [3.05, 3.63) is 97.5 Å². The van der Waals surface area contributed by atoms with Crippen LogP contribution in [0.2, 0.25) is 0 Å². The van der Waals surface area contributed by atoms with Crippen molar-refractivity contribution < 1.29 is 0 Å². The molecule has 0 saturated carbocycles. The molecule has 0 aliphatic carbocycles. The predicted molar refractivity (Wildman–Crippen MR) is 130 cm³/mol. The SMILES string of the molecule is c1ccc(-c2nc3nccnc3nc2-n2c3ccccc3c3cc4ccccc4cc32)nc1. The van der Waals surface area contributed by atoms with Crippen LogP contribution in [0.25, 0.3) is 61.1 Å². The monoisotopic (exact) mass is 424 g/mol. The van der Waals surface area contributed by atoms with Crippen molar-refractivity contribution in [2.75, 3.05) is 0 Å². The number of fused-ring (bicyclic) bond motifs is 5. The summed E-state index contributed by atoms with van der Waals surface area (Å²) in [7, 11) is 0. The number of hydrogen-bond acceptors (Lipinski definition) is 5. The Morgan fingerprint density at radius 2 is 1.27 bits per heavy atom. The van der Waals surface area contributed by atoms with E-state index in [0.29, 0.717) is 22.8 Å². The highest BCUT2D eigenvalue weighted by molar-refractivity contribution is 6.13. The maximum atomic E-state index is 4.96. The fraction of sp³-hybridized carbons (Fsp3) is 0. The van der Waals surface area contributed by atoms with Crippen LogP contribution in [0.1, 0.15) is 0 Å². The van der Waals surface area contributed by atoms with Crippen LogP contribution < -0.4 is 0 Å². The minimum Gasteiger partial charge on any atom is -0.292 e. The molecule has 3 aromatic carbocycles. The van der Waals surface area contributed by atoms with E-state index in [9.17, 15) is 0 Å². The van der Waals surface area contributed by atoms with Gasteiger partial charge >= 0.3 is 0 Å². The Morgan fingerprint density at radius 3 is 2.09 bits per heavy atom. The normalized spacial score (nSPS) is 11.6. The minimum atomic E-state index is 0.494. The van der Waals surface area contributed by atoms with Crippen molar-refractivity contribution in [1.29, 1.82) is 0 Å². The van der Waals surface area contributed by atoms with E-state index in [4.69, 9.17) is 9.97 Å². The molecule has 0 aliphatic rings. The van der Waals surface area contributed by atoms with E-state index in [1.807, 2.05) is 24.3 Å². The van der Waals surface area contributed by atoms with Crippen molar-refractivity contribution in [3.8, 4) is 17.2 Å². The number of pyridine rings is 1. The molecule has 0 amide bonds. The van der Waals surface area contributed by atoms with Gasteiger partial charge in [-0.1, -0.05) is 48.5 Å². The molecule has 7 rings (SSSR count). The number of benzene rings is 3. The van der Waals surface area contributed by atoms with E-state index in [2.05, 4.69) is 74.1 Å². The maximum absolute atomic E-state index is 4.96. The van der Waals surface area contributed by atoms with E-state index >= 15 is 0 Å². The molecule has 0 saturated heterocycles. The standard InChI is InChI=1S/C27H16N6/c1-2-8-18-16-23-20(15-17(18)7-1)19-9-3-4-11-22(19)33(23)27-24(21-10-5-6-12-28-21)31-25-26(32-27)30-14-13-29-25/h1-16H. The van der Waals surface area contributed by atoms with Gasteiger partial charge in [0.2, 0.25) is 0 Å².